The lowest BCUT2D eigenvalue weighted by atomic mass is 10.1. The molecule has 0 aromatic carbocycles. The summed E-state index contributed by atoms with van der Waals surface area (Å²) in [5.74, 6) is 0. The first-order chi connectivity index (χ1) is 6.53. The van der Waals surface area contributed by atoms with Crippen molar-refractivity contribution in [3.63, 3.8) is 0 Å². The van der Waals surface area contributed by atoms with Gasteiger partial charge >= 0.3 is 6.09 Å². The molecule has 0 heterocycles. The highest BCUT2D eigenvalue weighted by Gasteiger charge is 2.23. The van der Waals surface area contributed by atoms with Crippen LogP contribution in [0.25, 0.3) is 0 Å². The Bertz CT molecular complexity index is 195. The Morgan fingerprint density at radius 1 is 1.43 bits per heavy atom. The molecule has 0 bridgehead atoms. The van der Waals surface area contributed by atoms with Crippen molar-refractivity contribution in [3.8, 4) is 0 Å². The molecule has 3 heteroatoms. The molecule has 14 heavy (non-hydrogen) atoms. The molecule has 1 saturated carbocycles. The molecule has 0 aromatic heterocycles. The minimum absolute atomic E-state index is 0.260. The van der Waals surface area contributed by atoms with E-state index in [0.717, 1.165) is 19.3 Å². The number of carbonyl (C=O) groups excluding carboxylic acids is 1. The van der Waals surface area contributed by atoms with Crippen molar-refractivity contribution in [1.29, 1.82) is 0 Å². The van der Waals surface area contributed by atoms with Gasteiger partial charge in [-0.05, 0) is 33.1 Å². The summed E-state index contributed by atoms with van der Waals surface area (Å²) >= 11 is 0. The van der Waals surface area contributed by atoms with E-state index in [1.165, 1.54) is 12.8 Å². The van der Waals surface area contributed by atoms with Gasteiger partial charge in [0.2, 0.25) is 0 Å². The van der Waals surface area contributed by atoms with Crippen LogP contribution >= 0.6 is 0 Å². The first kappa shape index (κ1) is 11.3. The third-order valence-corrected chi connectivity index (χ3v) is 2.90. The van der Waals surface area contributed by atoms with Crippen molar-refractivity contribution >= 4 is 6.09 Å². The maximum absolute atomic E-state index is 11.4. The number of carbonyl (C=O) groups is 1. The largest absolute Gasteiger partial charge is 0.444 e. The molecular weight excluding hydrogens is 178 g/mol. The van der Waals surface area contributed by atoms with Crippen molar-refractivity contribution in [2.75, 3.05) is 0 Å². The van der Waals surface area contributed by atoms with E-state index in [1.807, 2.05) is 20.8 Å². The lowest BCUT2D eigenvalue weighted by molar-refractivity contribution is 0.0344. The van der Waals surface area contributed by atoms with Gasteiger partial charge in [0.1, 0.15) is 5.60 Å². The molecular formula is C11H21NO2. The maximum atomic E-state index is 11.4. The number of ether oxygens (including phenoxy) is 1. The third-order valence-electron chi connectivity index (χ3n) is 2.90. The van der Waals surface area contributed by atoms with E-state index in [4.69, 9.17) is 4.74 Å². The first-order valence-electron chi connectivity index (χ1n) is 5.53. The molecule has 0 spiro atoms. The topological polar surface area (TPSA) is 38.3 Å². The molecule has 0 radical (unpaired) electrons. The number of amides is 1. The van der Waals surface area contributed by atoms with E-state index in [0.29, 0.717) is 6.04 Å². The van der Waals surface area contributed by atoms with Crippen molar-refractivity contribution in [2.45, 2.75) is 64.5 Å². The van der Waals surface area contributed by atoms with E-state index < -0.39 is 0 Å². The van der Waals surface area contributed by atoms with Crippen molar-refractivity contribution in [2.24, 2.45) is 0 Å². The highest BCUT2D eigenvalue weighted by atomic mass is 16.6. The second kappa shape index (κ2) is 4.67. The smallest absolute Gasteiger partial charge is 0.407 e. The number of rotatable bonds is 3. The quantitative estimate of drug-likeness (QED) is 0.759. The summed E-state index contributed by atoms with van der Waals surface area (Å²) in [5.41, 5.74) is -0.345. The fourth-order valence-corrected chi connectivity index (χ4v) is 1.59. The summed E-state index contributed by atoms with van der Waals surface area (Å²) in [4.78, 5) is 11.4. The van der Waals surface area contributed by atoms with Crippen LogP contribution in [0, 0.1) is 0 Å². The van der Waals surface area contributed by atoms with Gasteiger partial charge in [-0.15, -0.1) is 0 Å². The van der Waals surface area contributed by atoms with Crippen LogP contribution < -0.4 is 5.32 Å². The van der Waals surface area contributed by atoms with Gasteiger partial charge in [-0.2, -0.15) is 0 Å². The maximum Gasteiger partial charge on any atom is 0.407 e. The molecule has 1 aliphatic carbocycles. The van der Waals surface area contributed by atoms with Crippen LogP contribution in [0.2, 0.25) is 0 Å². The molecule has 82 valence electrons. The van der Waals surface area contributed by atoms with Crippen LogP contribution in [0.5, 0.6) is 0 Å². The Morgan fingerprint density at radius 3 is 2.50 bits per heavy atom. The fourth-order valence-electron chi connectivity index (χ4n) is 1.59. The lowest BCUT2D eigenvalue weighted by Crippen LogP contribution is -2.38. The zero-order valence-electron chi connectivity index (χ0n) is 9.43. The van der Waals surface area contributed by atoms with Crippen molar-refractivity contribution < 1.29 is 9.53 Å². The Hall–Kier alpha value is -0.730. The Balaban J connectivity index is 2.27. The molecule has 1 amide bonds. The molecule has 1 fully saturated rings. The summed E-state index contributed by atoms with van der Waals surface area (Å²) in [5, 5.41) is 2.91. The number of nitrogens with one attached hydrogen (secondary N) is 1. The molecule has 3 nitrogen and oxygen atoms in total. The van der Waals surface area contributed by atoms with Crippen LogP contribution in [-0.2, 0) is 4.74 Å². The fraction of sp³-hybridized carbons (Fsp3) is 0.909. The van der Waals surface area contributed by atoms with Gasteiger partial charge in [0, 0.05) is 6.04 Å². The SMILES string of the molecule is CCC(C)(C)OC(=O)NC1CCCC1. The van der Waals surface area contributed by atoms with E-state index in [1.54, 1.807) is 0 Å². The van der Waals surface area contributed by atoms with E-state index in [9.17, 15) is 4.79 Å². The molecule has 0 unspecified atom stereocenters. The Labute approximate surface area is 86.2 Å². The zero-order chi connectivity index (χ0) is 10.6. The standard InChI is InChI=1S/C11H21NO2/c1-4-11(2,3)14-10(13)12-9-7-5-6-8-9/h9H,4-8H2,1-3H3,(H,12,13). The number of hydrogen-bond acceptors (Lipinski definition) is 2. The van der Waals surface area contributed by atoms with Gasteiger partial charge < -0.3 is 10.1 Å². The van der Waals surface area contributed by atoms with Crippen LogP contribution in [0.4, 0.5) is 4.79 Å². The summed E-state index contributed by atoms with van der Waals surface area (Å²) < 4.78 is 5.30. The molecule has 1 aliphatic rings. The molecule has 1 rings (SSSR count). The van der Waals surface area contributed by atoms with E-state index >= 15 is 0 Å². The van der Waals surface area contributed by atoms with Gasteiger partial charge in [0.05, 0.1) is 0 Å². The summed E-state index contributed by atoms with van der Waals surface area (Å²) in [7, 11) is 0. The monoisotopic (exact) mass is 199 g/mol. The molecule has 0 saturated heterocycles. The zero-order valence-corrected chi connectivity index (χ0v) is 9.43. The molecule has 1 N–H and O–H groups in total. The van der Waals surface area contributed by atoms with Gasteiger partial charge in [0.25, 0.3) is 0 Å². The lowest BCUT2D eigenvalue weighted by Gasteiger charge is -2.24. The van der Waals surface area contributed by atoms with Crippen LogP contribution in [0.1, 0.15) is 52.9 Å². The van der Waals surface area contributed by atoms with Gasteiger partial charge in [-0.25, -0.2) is 4.79 Å². The van der Waals surface area contributed by atoms with Crippen LogP contribution in [0.3, 0.4) is 0 Å². The minimum Gasteiger partial charge on any atom is -0.444 e. The summed E-state index contributed by atoms with van der Waals surface area (Å²) in [6, 6.07) is 0.343. The van der Waals surface area contributed by atoms with Crippen LogP contribution in [-0.4, -0.2) is 17.7 Å². The Morgan fingerprint density at radius 2 is 2.00 bits per heavy atom. The predicted molar refractivity (Wildman–Crippen MR) is 56.2 cm³/mol. The van der Waals surface area contributed by atoms with E-state index in [-0.39, 0.29) is 11.7 Å². The van der Waals surface area contributed by atoms with Gasteiger partial charge in [0.15, 0.2) is 0 Å². The summed E-state index contributed by atoms with van der Waals surface area (Å²) in [6.45, 7) is 5.88. The predicted octanol–water partition coefficient (Wildman–Crippen LogP) is 2.84. The second-order valence-corrected chi connectivity index (χ2v) is 4.63. The average molecular weight is 199 g/mol. The number of alkyl carbamates (subject to hydrolysis) is 1. The second-order valence-electron chi connectivity index (χ2n) is 4.63. The summed E-state index contributed by atoms with van der Waals surface area (Å²) in [6.07, 6.45) is 5.22. The van der Waals surface area contributed by atoms with Gasteiger partial charge in [-0.1, -0.05) is 19.8 Å². The number of hydrogen-bond donors (Lipinski definition) is 1. The normalized spacial score (nSPS) is 18.2. The van der Waals surface area contributed by atoms with E-state index in [2.05, 4.69) is 5.32 Å². The third kappa shape index (κ3) is 3.56. The van der Waals surface area contributed by atoms with Crippen molar-refractivity contribution in [3.05, 3.63) is 0 Å². The highest BCUT2D eigenvalue weighted by Crippen LogP contribution is 2.19. The first-order valence-corrected chi connectivity index (χ1v) is 5.53. The average Bonchev–Trinajstić information content (AvgIpc) is 2.55. The highest BCUT2D eigenvalue weighted by molar-refractivity contribution is 5.68. The molecule has 0 atom stereocenters. The molecule has 0 aliphatic heterocycles. The Kier molecular flexibility index (Phi) is 3.78. The molecule has 0 aromatic rings. The van der Waals surface area contributed by atoms with Gasteiger partial charge in [-0.3, -0.25) is 0 Å². The van der Waals surface area contributed by atoms with Crippen LogP contribution in [0.15, 0.2) is 0 Å². The minimum atomic E-state index is -0.345. The van der Waals surface area contributed by atoms with Crippen molar-refractivity contribution in [1.82, 2.24) is 5.32 Å².